The van der Waals surface area contributed by atoms with Crippen molar-refractivity contribution >= 4 is 5.91 Å². The van der Waals surface area contributed by atoms with Crippen molar-refractivity contribution in [3.63, 3.8) is 0 Å². The third-order valence-corrected chi connectivity index (χ3v) is 2.70. The number of aliphatic hydroxyl groups is 1. The van der Waals surface area contributed by atoms with Crippen LogP contribution in [0.1, 0.15) is 20.8 Å². The molecule has 0 aromatic rings. The Morgan fingerprint density at radius 3 is 2.54 bits per heavy atom. The molecule has 1 N–H and O–H groups in total. The summed E-state index contributed by atoms with van der Waals surface area (Å²) in [6.07, 6.45) is -0.385. The van der Waals surface area contributed by atoms with Crippen molar-refractivity contribution in [1.29, 1.82) is 0 Å². The highest BCUT2D eigenvalue weighted by Crippen LogP contribution is 2.12. The van der Waals surface area contributed by atoms with E-state index in [1.54, 1.807) is 11.8 Å². The van der Waals surface area contributed by atoms with Gasteiger partial charge in [0.15, 0.2) is 0 Å². The Balaban J connectivity index is 2.52. The van der Waals surface area contributed by atoms with Gasteiger partial charge in [-0.05, 0) is 20.8 Å². The standard InChI is InChI=1S/C9H18N2O2/c1-4-10-6-11(5-9(10)13)7(2)8(3)12/h7-8,12H,4-6H2,1-3H3. The van der Waals surface area contributed by atoms with Crippen LogP contribution < -0.4 is 0 Å². The molecule has 1 saturated heterocycles. The van der Waals surface area contributed by atoms with E-state index < -0.39 is 0 Å². The molecule has 4 heteroatoms. The molecule has 0 saturated carbocycles. The zero-order valence-electron chi connectivity index (χ0n) is 8.53. The topological polar surface area (TPSA) is 43.8 Å². The van der Waals surface area contributed by atoms with Gasteiger partial charge in [0, 0.05) is 12.6 Å². The number of amides is 1. The zero-order chi connectivity index (χ0) is 10.0. The van der Waals surface area contributed by atoms with E-state index in [1.165, 1.54) is 0 Å². The van der Waals surface area contributed by atoms with E-state index in [-0.39, 0.29) is 18.1 Å². The number of likely N-dealkylation sites (N-methyl/N-ethyl adjacent to an activating group) is 1. The number of carbonyl (C=O) groups excluding carboxylic acids is 1. The number of hydrogen-bond acceptors (Lipinski definition) is 3. The number of rotatable bonds is 3. The third-order valence-electron chi connectivity index (χ3n) is 2.70. The zero-order valence-corrected chi connectivity index (χ0v) is 8.53. The molecule has 1 aliphatic heterocycles. The first-order chi connectivity index (χ1) is 6.06. The average Bonchev–Trinajstić information content (AvgIpc) is 2.45. The van der Waals surface area contributed by atoms with E-state index in [0.29, 0.717) is 13.2 Å². The molecule has 0 spiro atoms. The summed E-state index contributed by atoms with van der Waals surface area (Å²) in [5, 5.41) is 9.36. The van der Waals surface area contributed by atoms with Gasteiger partial charge < -0.3 is 10.0 Å². The summed E-state index contributed by atoms with van der Waals surface area (Å²) in [6.45, 7) is 7.51. The molecule has 1 heterocycles. The molecule has 1 amide bonds. The van der Waals surface area contributed by atoms with E-state index in [1.807, 2.05) is 18.7 Å². The van der Waals surface area contributed by atoms with Crippen molar-refractivity contribution in [2.24, 2.45) is 0 Å². The van der Waals surface area contributed by atoms with E-state index >= 15 is 0 Å². The highest BCUT2D eigenvalue weighted by molar-refractivity contribution is 5.80. The quantitative estimate of drug-likeness (QED) is 0.668. The molecule has 0 aromatic carbocycles. The Morgan fingerprint density at radius 1 is 1.54 bits per heavy atom. The fourth-order valence-electron chi connectivity index (χ4n) is 1.48. The van der Waals surface area contributed by atoms with Gasteiger partial charge >= 0.3 is 0 Å². The van der Waals surface area contributed by atoms with E-state index in [0.717, 1.165) is 6.54 Å². The normalized spacial score (nSPS) is 23.7. The predicted molar refractivity (Wildman–Crippen MR) is 50.1 cm³/mol. The fourth-order valence-corrected chi connectivity index (χ4v) is 1.48. The average molecular weight is 186 g/mol. The van der Waals surface area contributed by atoms with Crippen LogP contribution in [-0.4, -0.2) is 52.7 Å². The molecule has 1 rings (SSSR count). The highest BCUT2D eigenvalue weighted by atomic mass is 16.3. The minimum Gasteiger partial charge on any atom is -0.392 e. The van der Waals surface area contributed by atoms with Crippen LogP contribution >= 0.6 is 0 Å². The summed E-state index contributed by atoms with van der Waals surface area (Å²) < 4.78 is 0. The maximum absolute atomic E-state index is 11.3. The van der Waals surface area contributed by atoms with Crippen LogP contribution in [0.5, 0.6) is 0 Å². The summed E-state index contributed by atoms with van der Waals surface area (Å²) in [7, 11) is 0. The highest BCUT2D eigenvalue weighted by Gasteiger charge is 2.30. The van der Waals surface area contributed by atoms with Gasteiger partial charge in [-0.1, -0.05) is 0 Å². The van der Waals surface area contributed by atoms with Crippen LogP contribution in [0.4, 0.5) is 0 Å². The van der Waals surface area contributed by atoms with Crippen LogP contribution in [-0.2, 0) is 4.79 Å². The Labute approximate surface area is 79.1 Å². The molecule has 1 fully saturated rings. The monoisotopic (exact) mass is 186 g/mol. The van der Waals surface area contributed by atoms with Crippen LogP contribution in [0.15, 0.2) is 0 Å². The second-order valence-corrected chi connectivity index (χ2v) is 3.62. The van der Waals surface area contributed by atoms with Gasteiger partial charge in [-0.15, -0.1) is 0 Å². The van der Waals surface area contributed by atoms with Gasteiger partial charge in [0.2, 0.25) is 5.91 Å². The van der Waals surface area contributed by atoms with Gasteiger partial charge in [0.1, 0.15) is 0 Å². The SMILES string of the molecule is CCN1CN(C(C)C(C)O)CC1=O. The van der Waals surface area contributed by atoms with Gasteiger partial charge in [-0.3, -0.25) is 9.69 Å². The van der Waals surface area contributed by atoms with Gasteiger partial charge in [0.05, 0.1) is 19.3 Å². The summed E-state index contributed by atoms with van der Waals surface area (Å²) in [4.78, 5) is 15.1. The molecular formula is C9H18N2O2. The molecule has 13 heavy (non-hydrogen) atoms. The number of aliphatic hydroxyl groups excluding tert-OH is 1. The molecule has 0 radical (unpaired) electrons. The first kappa shape index (κ1) is 10.5. The van der Waals surface area contributed by atoms with Gasteiger partial charge in [0.25, 0.3) is 0 Å². The molecule has 4 nitrogen and oxygen atoms in total. The van der Waals surface area contributed by atoms with Gasteiger partial charge in [-0.25, -0.2) is 0 Å². The van der Waals surface area contributed by atoms with Crippen LogP contribution in [0, 0.1) is 0 Å². The largest absolute Gasteiger partial charge is 0.392 e. The van der Waals surface area contributed by atoms with Crippen LogP contribution in [0.2, 0.25) is 0 Å². The first-order valence-electron chi connectivity index (χ1n) is 4.76. The summed E-state index contributed by atoms with van der Waals surface area (Å²) in [5.41, 5.74) is 0. The summed E-state index contributed by atoms with van der Waals surface area (Å²) in [5.74, 6) is 0.162. The Kier molecular flexibility index (Phi) is 3.27. The van der Waals surface area contributed by atoms with E-state index in [9.17, 15) is 9.90 Å². The minimum atomic E-state index is -0.385. The predicted octanol–water partition coefficient (Wildman–Crippen LogP) is -0.123. The molecule has 2 unspecified atom stereocenters. The molecular weight excluding hydrogens is 168 g/mol. The summed E-state index contributed by atoms with van der Waals surface area (Å²) >= 11 is 0. The molecule has 1 aliphatic rings. The Hall–Kier alpha value is -0.610. The smallest absolute Gasteiger partial charge is 0.237 e. The summed E-state index contributed by atoms with van der Waals surface area (Å²) in [6, 6.07) is 0.0560. The molecule has 2 atom stereocenters. The lowest BCUT2D eigenvalue weighted by atomic mass is 10.2. The number of carbonyl (C=O) groups is 1. The molecule has 0 aliphatic carbocycles. The van der Waals surface area contributed by atoms with Crippen molar-refractivity contribution < 1.29 is 9.90 Å². The lowest BCUT2D eigenvalue weighted by Gasteiger charge is -2.25. The maximum atomic E-state index is 11.3. The fraction of sp³-hybridized carbons (Fsp3) is 0.889. The first-order valence-corrected chi connectivity index (χ1v) is 4.76. The van der Waals surface area contributed by atoms with Crippen molar-refractivity contribution in [1.82, 2.24) is 9.80 Å². The van der Waals surface area contributed by atoms with Crippen molar-refractivity contribution in [2.75, 3.05) is 19.8 Å². The number of nitrogens with zero attached hydrogens (tertiary/aromatic N) is 2. The lowest BCUT2D eigenvalue weighted by molar-refractivity contribution is -0.126. The minimum absolute atomic E-state index is 0.0560. The molecule has 0 aromatic heterocycles. The molecule has 76 valence electrons. The van der Waals surface area contributed by atoms with Crippen LogP contribution in [0.25, 0.3) is 0 Å². The molecule has 0 bridgehead atoms. The van der Waals surface area contributed by atoms with E-state index in [2.05, 4.69) is 0 Å². The Morgan fingerprint density at radius 2 is 2.15 bits per heavy atom. The lowest BCUT2D eigenvalue weighted by Crippen LogP contribution is -2.39. The van der Waals surface area contributed by atoms with Crippen LogP contribution in [0.3, 0.4) is 0 Å². The second kappa shape index (κ2) is 4.07. The Bertz CT molecular complexity index is 194. The second-order valence-electron chi connectivity index (χ2n) is 3.62. The van der Waals surface area contributed by atoms with Crippen molar-refractivity contribution in [3.8, 4) is 0 Å². The van der Waals surface area contributed by atoms with Crippen molar-refractivity contribution in [2.45, 2.75) is 32.9 Å². The van der Waals surface area contributed by atoms with E-state index in [4.69, 9.17) is 0 Å². The maximum Gasteiger partial charge on any atom is 0.237 e. The van der Waals surface area contributed by atoms with Gasteiger partial charge in [-0.2, -0.15) is 0 Å². The van der Waals surface area contributed by atoms with Crippen molar-refractivity contribution in [3.05, 3.63) is 0 Å². The third kappa shape index (κ3) is 2.19. The number of hydrogen-bond donors (Lipinski definition) is 1.